The van der Waals surface area contributed by atoms with Crippen LogP contribution in [0.15, 0.2) is 95.2 Å². The average Bonchev–Trinajstić information content (AvgIpc) is 3.85. The minimum Gasteiger partial charge on any atom is -0.381 e. The zero-order chi connectivity index (χ0) is 39.4. The third-order valence-corrected chi connectivity index (χ3v) is 15.3. The molecule has 4 atom stereocenters. The summed E-state index contributed by atoms with van der Waals surface area (Å²) >= 11 is 14.4. The molecule has 292 valence electrons. The zero-order valence-electron chi connectivity index (χ0n) is 30.8. The number of fused-ring (bicyclic) bond motifs is 2. The number of Topliss-reactive ketones (excluding diaryl/α,β-unsaturated/α-hetero) is 1. The van der Waals surface area contributed by atoms with Crippen LogP contribution < -0.4 is 0 Å². The standard InChI is InChI=1S/C41H40Cl2N4O7S2/c1-25-7-11-29(12-8-25)55(49,50)46-17-15-31-37(42)33(21-44-40(31)46)35(27-5-3-19-53-23-27)39(48)36(28-6-4-20-54-24-28)34-22-45-41-32(38(34)43)16-18-47(41)56(51,52)30-13-9-26(2)10-14-30/h7-18,21-22,27-28,35-36H,3-6,19-20,23-24H2,1-2H3. The molecule has 0 radical (unpaired) electrons. The summed E-state index contributed by atoms with van der Waals surface area (Å²) in [6.45, 7) is 5.52. The van der Waals surface area contributed by atoms with Crippen molar-refractivity contribution in [1.29, 1.82) is 0 Å². The molecule has 2 saturated heterocycles. The highest BCUT2D eigenvalue weighted by Crippen LogP contribution is 2.46. The topological polar surface area (TPSA) is 139 Å². The van der Waals surface area contributed by atoms with E-state index < -0.39 is 31.9 Å². The van der Waals surface area contributed by atoms with Crippen LogP contribution in [0.5, 0.6) is 0 Å². The highest BCUT2D eigenvalue weighted by Gasteiger charge is 2.43. The first kappa shape index (κ1) is 38.7. The Morgan fingerprint density at radius 1 is 0.661 bits per heavy atom. The van der Waals surface area contributed by atoms with Crippen LogP contribution in [0, 0.1) is 25.7 Å². The minimum absolute atomic E-state index is 0.109. The fourth-order valence-electron chi connectivity index (χ4n) is 8.09. The van der Waals surface area contributed by atoms with Crippen molar-refractivity contribution in [2.45, 2.75) is 61.2 Å². The quantitative estimate of drug-likeness (QED) is 0.134. The molecule has 11 nitrogen and oxygen atoms in total. The highest BCUT2D eigenvalue weighted by molar-refractivity contribution is 7.90. The Hall–Kier alpha value is -4.11. The lowest BCUT2D eigenvalue weighted by Crippen LogP contribution is -2.37. The number of ether oxygens (including phenoxy) is 2. The molecule has 0 spiro atoms. The van der Waals surface area contributed by atoms with E-state index in [2.05, 4.69) is 9.97 Å². The molecule has 8 rings (SSSR count). The van der Waals surface area contributed by atoms with Gasteiger partial charge in [-0.05, 0) is 87.8 Å². The smallest absolute Gasteiger partial charge is 0.269 e. The second-order valence-electron chi connectivity index (χ2n) is 14.7. The molecule has 6 heterocycles. The van der Waals surface area contributed by atoms with E-state index in [-0.39, 0.29) is 48.7 Å². The molecule has 0 aliphatic carbocycles. The summed E-state index contributed by atoms with van der Waals surface area (Å²) in [5, 5.41) is 1.25. The van der Waals surface area contributed by atoms with Gasteiger partial charge >= 0.3 is 0 Å². The summed E-state index contributed by atoms with van der Waals surface area (Å²) in [5.74, 6) is -2.31. The van der Waals surface area contributed by atoms with Crippen molar-refractivity contribution in [3.63, 3.8) is 0 Å². The molecule has 4 unspecified atom stereocenters. The number of ketones is 1. The van der Waals surface area contributed by atoms with Gasteiger partial charge in [-0.25, -0.2) is 34.7 Å². The van der Waals surface area contributed by atoms with E-state index in [0.717, 1.165) is 31.9 Å². The number of rotatable bonds is 10. The van der Waals surface area contributed by atoms with Gasteiger partial charge in [0.1, 0.15) is 5.78 Å². The number of aryl methyl sites for hydroxylation is 2. The molecule has 56 heavy (non-hydrogen) atoms. The van der Waals surface area contributed by atoms with Crippen LogP contribution in [-0.4, -0.2) is 67.0 Å². The van der Waals surface area contributed by atoms with Gasteiger partial charge in [0.05, 0.1) is 44.9 Å². The molecule has 2 aliphatic heterocycles. The second-order valence-corrected chi connectivity index (χ2v) is 19.1. The molecule has 6 aromatic rings. The monoisotopic (exact) mass is 834 g/mol. The lowest BCUT2D eigenvalue weighted by molar-refractivity contribution is -0.127. The number of aromatic nitrogens is 4. The van der Waals surface area contributed by atoms with Crippen LogP contribution in [0.1, 0.15) is 59.8 Å². The highest BCUT2D eigenvalue weighted by atomic mass is 35.5. The normalized spacial score (nSPS) is 19.3. The van der Waals surface area contributed by atoms with Crippen LogP contribution in [-0.2, 0) is 34.3 Å². The third-order valence-electron chi connectivity index (χ3n) is 11.1. The molecule has 0 saturated carbocycles. The fourth-order valence-corrected chi connectivity index (χ4v) is 11.3. The summed E-state index contributed by atoms with van der Waals surface area (Å²) < 4.78 is 69.0. The Kier molecular flexibility index (Phi) is 10.6. The van der Waals surface area contributed by atoms with Gasteiger partial charge < -0.3 is 9.47 Å². The van der Waals surface area contributed by atoms with Crippen LogP contribution in [0.25, 0.3) is 22.1 Å². The molecular weight excluding hydrogens is 796 g/mol. The van der Waals surface area contributed by atoms with E-state index in [1.165, 1.54) is 24.8 Å². The lowest BCUT2D eigenvalue weighted by Gasteiger charge is -2.36. The number of halogens is 2. The van der Waals surface area contributed by atoms with Crippen molar-refractivity contribution in [2.24, 2.45) is 11.8 Å². The Balaban J connectivity index is 1.23. The largest absolute Gasteiger partial charge is 0.381 e. The van der Waals surface area contributed by atoms with Crippen LogP contribution in [0.4, 0.5) is 0 Å². The Labute approximate surface area is 335 Å². The zero-order valence-corrected chi connectivity index (χ0v) is 33.9. The Bertz CT molecular complexity index is 2480. The summed E-state index contributed by atoms with van der Waals surface area (Å²) in [4.78, 5) is 25.0. The molecule has 4 aromatic heterocycles. The molecule has 2 aliphatic rings. The number of benzene rings is 2. The van der Waals surface area contributed by atoms with Crippen molar-refractivity contribution in [3.05, 3.63) is 118 Å². The number of carbonyl (C=O) groups excluding carboxylic acids is 1. The Morgan fingerprint density at radius 3 is 1.41 bits per heavy atom. The van der Waals surface area contributed by atoms with Crippen LogP contribution in [0.2, 0.25) is 10.0 Å². The van der Waals surface area contributed by atoms with Gasteiger partial charge in [0.2, 0.25) is 0 Å². The maximum absolute atomic E-state index is 15.5. The second kappa shape index (κ2) is 15.3. The van der Waals surface area contributed by atoms with Crippen molar-refractivity contribution in [3.8, 4) is 0 Å². The van der Waals surface area contributed by atoms with Crippen molar-refractivity contribution in [2.75, 3.05) is 26.4 Å². The maximum atomic E-state index is 15.5. The minimum atomic E-state index is -4.00. The van der Waals surface area contributed by atoms with E-state index >= 15 is 4.79 Å². The predicted molar refractivity (Wildman–Crippen MR) is 215 cm³/mol. The number of carbonyl (C=O) groups is 1. The average molecular weight is 836 g/mol. The SMILES string of the molecule is Cc1ccc(S(=O)(=O)n2ccc3c(Cl)c(C(C(=O)C(c4cnc5c(ccn5S(=O)(=O)c5ccc(C)cc5)c4Cl)C4CCCOC4)C4CCCOC4)cnc32)cc1. The van der Waals surface area contributed by atoms with Crippen molar-refractivity contribution >= 4 is 71.1 Å². The van der Waals surface area contributed by atoms with E-state index in [4.69, 9.17) is 32.7 Å². The molecule has 15 heteroatoms. The van der Waals surface area contributed by atoms with Gasteiger partial charge in [0.15, 0.2) is 11.3 Å². The fraction of sp³-hybridized carbons (Fsp3) is 0.341. The maximum Gasteiger partial charge on any atom is 0.269 e. The molecular formula is C41H40Cl2N4O7S2. The summed E-state index contributed by atoms with van der Waals surface area (Å²) in [5.41, 5.74) is 3.07. The summed E-state index contributed by atoms with van der Waals surface area (Å²) in [6.07, 6.45) is 8.72. The first-order chi connectivity index (χ1) is 26.9. The first-order valence-corrected chi connectivity index (χ1v) is 22.2. The van der Waals surface area contributed by atoms with Crippen molar-refractivity contribution in [1.82, 2.24) is 17.9 Å². The van der Waals surface area contributed by atoms with E-state index in [1.54, 1.807) is 60.7 Å². The molecule has 0 bridgehead atoms. The van der Waals surface area contributed by atoms with E-state index in [9.17, 15) is 16.8 Å². The van der Waals surface area contributed by atoms with Gasteiger partial charge in [-0.1, -0.05) is 58.6 Å². The third kappa shape index (κ3) is 6.86. The van der Waals surface area contributed by atoms with Gasteiger partial charge in [0, 0.05) is 59.9 Å². The number of nitrogens with zero attached hydrogens (tertiary/aromatic N) is 4. The summed E-state index contributed by atoms with van der Waals surface area (Å²) in [7, 11) is -8.01. The molecule has 0 N–H and O–H groups in total. The van der Waals surface area contributed by atoms with Crippen LogP contribution in [0.3, 0.4) is 0 Å². The first-order valence-electron chi connectivity index (χ1n) is 18.5. The Morgan fingerprint density at radius 2 is 1.05 bits per heavy atom. The van der Waals surface area contributed by atoms with Gasteiger partial charge in [-0.15, -0.1) is 0 Å². The molecule has 2 fully saturated rings. The number of pyridine rings is 2. The van der Waals surface area contributed by atoms with E-state index in [0.29, 0.717) is 61.2 Å². The van der Waals surface area contributed by atoms with Crippen LogP contribution >= 0.6 is 23.2 Å². The number of hydrogen-bond donors (Lipinski definition) is 0. The predicted octanol–water partition coefficient (Wildman–Crippen LogP) is 8.07. The summed E-state index contributed by atoms with van der Waals surface area (Å²) in [6, 6.07) is 16.3. The van der Waals surface area contributed by atoms with E-state index in [1.807, 2.05) is 13.8 Å². The lowest BCUT2D eigenvalue weighted by atomic mass is 9.70. The van der Waals surface area contributed by atoms with Gasteiger partial charge in [-0.2, -0.15) is 0 Å². The van der Waals surface area contributed by atoms with Crippen molar-refractivity contribution < 1.29 is 31.1 Å². The molecule has 0 amide bonds. The number of hydrogen-bond acceptors (Lipinski definition) is 9. The molecule has 2 aromatic carbocycles. The van der Waals surface area contributed by atoms with Gasteiger partial charge in [-0.3, -0.25) is 4.79 Å². The van der Waals surface area contributed by atoms with Gasteiger partial charge in [0.25, 0.3) is 20.0 Å².